The molecule has 2 N–H and O–H groups in total. The van der Waals surface area contributed by atoms with E-state index in [1.165, 1.54) is 13.3 Å². The summed E-state index contributed by atoms with van der Waals surface area (Å²) in [6, 6.07) is 10.1. The molecule has 6 nitrogen and oxygen atoms in total. The zero-order chi connectivity index (χ0) is 17.5. The van der Waals surface area contributed by atoms with Crippen LogP contribution >= 0.6 is 11.6 Å². The van der Waals surface area contributed by atoms with Gasteiger partial charge in [0.05, 0.1) is 13.5 Å². The molecule has 1 amide bonds. The van der Waals surface area contributed by atoms with Crippen molar-refractivity contribution in [2.75, 3.05) is 13.7 Å². The average Bonchev–Trinajstić information content (AvgIpc) is 2.58. The fourth-order valence-corrected chi connectivity index (χ4v) is 2.42. The molecule has 0 saturated heterocycles. The van der Waals surface area contributed by atoms with Crippen LogP contribution in [0.4, 0.5) is 0 Å². The van der Waals surface area contributed by atoms with Gasteiger partial charge in [0.25, 0.3) is 5.91 Å². The van der Waals surface area contributed by atoms with Crippen molar-refractivity contribution in [1.29, 1.82) is 0 Å². The molecule has 0 saturated carbocycles. The Morgan fingerprint density at radius 3 is 2.62 bits per heavy atom. The first-order valence-electron chi connectivity index (χ1n) is 7.25. The molecule has 0 spiro atoms. The van der Waals surface area contributed by atoms with Crippen molar-refractivity contribution in [2.24, 2.45) is 0 Å². The van der Waals surface area contributed by atoms with Crippen molar-refractivity contribution in [3.8, 4) is 5.88 Å². The van der Waals surface area contributed by atoms with Crippen molar-refractivity contribution in [3.05, 3.63) is 58.7 Å². The number of ether oxygens (including phenoxy) is 1. The number of methoxy groups -OCH3 is 1. The van der Waals surface area contributed by atoms with Crippen molar-refractivity contribution >= 4 is 23.5 Å². The number of carbonyl (C=O) groups excluding carboxylic acids is 1. The number of aromatic nitrogens is 1. The maximum Gasteiger partial charge on any atom is 0.304 e. The van der Waals surface area contributed by atoms with Crippen LogP contribution in [-0.4, -0.2) is 35.6 Å². The molecule has 0 fully saturated rings. The van der Waals surface area contributed by atoms with Crippen molar-refractivity contribution in [3.63, 3.8) is 0 Å². The number of nitrogens with one attached hydrogen (secondary N) is 1. The predicted molar refractivity (Wildman–Crippen MR) is 89.6 cm³/mol. The fourth-order valence-electron chi connectivity index (χ4n) is 2.29. The number of rotatable bonds is 7. The first kappa shape index (κ1) is 17.7. The third-order valence-corrected chi connectivity index (χ3v) is 3.73. The number of nitrogens with zero attached hydrogens (tertiary/aromatic N) is 1. The molecule has 126 valence electrons. The molecule has 0 aliphatic carbocycles. The second kappa shape index (κ2) is 8.31. The molecule has 0 bridgehead atoms. The molecule has 1 heterocycles. The average molecular weight is 349 g/mol. The third kappa shape index (κ3) is 4.70. The molecule has 1 aromatic heterocycles. The Balaban J connectivity index is 2.11. The summed E-state index contributed by atoms with van der Waals surface area (Å²) >= 11 is 5.86. The number of pyridine rings is 1. The molecule has 1 unspecified atom stereocenters. The molecule has 1 atom stereocenters. The van der Waals surface area contributed by atoms with E-state index in [1.807, 2.05) is 0 Å². The normalized spacial score (nSPS) is 11.6. The summed E-state index contributed by atoms with van der Waals surface area (Å²) in [6.07, 6.45) is 1.42. The van der Waals surface area contributed by atoms with Gasteiger partial charge in [0.15, 0.2) is 0 Å². The topological polar surface area (TPSA) is 88.5 Å². The summed E-state index contributed by atoms with van der Waals surface area (Å²) in [4.78, 5) is 27.4. The van der Waals surface area contributed by atoms with Gasteiger partial charge in [-0.05, 0) is 29.8 Å². The van der Waals surface area contributed by atoms with Gasteiger partial charge < -0.3 is 15.2 Å². The summed E-state index contributed by atoms with van der Waals surface area (Å²) in [5.74, 6) is -1.46. The lowest BCUT2D eigenvalue weighted by molar-refractivity contribution is -0.137. The quantitative estimate of drug-likeness (QED) is 0.803. The van der Waals surface area contributed by atoms with Crippen molar-refractivity contribution in [2.45, 2.75) is 12.3 Å². The largest absolute Gasteiger partial charge is 0.481 e. The smallest absolute Gasteiger partial charge is 0.304 e. The van der Waals surface area contributed by atoms with E-state index in [0.717, 1.165) is 5.56 Å². The lowest BCUT2D eigenvalue weighted by Gasteiger charge is -2.17. The van der Waals surface area contributed by atoms with E-state index in [4.69, 9.17) is 21.4 Å². The second-order valence-electron chi connectivity index (χ2n) is 5.12. The summed E-state index contributed by atoms with van der Waals surface area (Å²) in [5, 5.41) is 12.4. The maximum absolute atomic E-state index is 12.3. The van der Waals surface area contributed by atoms with E-state index in [9.17, 15) is 9.59 Å². The molecule has 1 aromatic carbocycles. The minimum atomic E-state index is -0.942. The molecule has 0 aliphatic heterocycles. The lowest BCUT2D eigenvalue weighted by Crippen LogP contribution is -2.29. The molecule has 24 heavy (non-hydrogen) atoms. The SMILES string of the molecule is COc1ncccc1C(=O)NCC(CC(=O)O)c1ccc(Cl)cc1. The van der Waals surface area contributed by atoms with Crippen LogP contribution in [0, 0.1) is 0 Å². The van der Waals surface area contributed by atoms with E-state index < -0.39 is 5.97 Å². The van der Waals surface area contributed by atoms with Gasteiger partial charge in [-0.1, -0.05) is 23.7 Å². The number of halogens is 1. The maximum atomic E-state index is 12.3. The monoisotopic (exact) mass is 348 g/mol. The summed E-state index contributed by atoms with van der Waals surface area (Å²) < 4.78 is 5.05. The van der Waals surface area contributed by atoms with Crippen LogP contribution in [0.5, 0.6) is 5.88 Å². The van der Waals surface area contributed by atoms with Gasteiger partial charge in [0.2, 0.25) is 5.88 Å². The molecule has 7 heteroatoms. The number of carboxylic acid groups (broad SMARTS) is 1. The summed E-state index contributed by atoms with van der Waals surface area (Å²) in [6.45, 7) is 0.171. The first-order valence-corrected chi connectivity index (χ1v) is 7.63. The highest BCUT2D eigenvalue weighted by Gasteiger charge is 2.19. The Hall–Kier alpha value is -2.60. The van der Waals surface area contributed by atoms with Gasteiger partial charge in [-0.2, -0.15) is 0 Å². The zero-order valence-corrected chi connectivity index (χ0v) is 13.8. The van der Waals surface area contributed by atoms with Crippen LogP contribution in [0.3, 0.4) is 0 Å². The van der Waals surface area contributed by atoms with Gasteiger partial charge in [-0.15, -0.1) is 0 Å². The van der Waals surface area contributed by atoms with Gasteiger partial charge in [-0.25, -0.2) is 4.98 Å². The standard InChI is InChI=1S/C17H17ClN2O4/c1-24-17-14(3-2-8-19-17)16(23)20-10-12(9-15(21)22)11-4-6-13(18)7-5-11/h2-8,12H,9-10H2,1H3,(H,20,23)(H,21,22). The summed E-state index contributed by atoms with van der Waals surface area (Å²) in [7, 11) is 1.43. The molecule has 2 rings (SSSR count). The molecular weight excluding hydrogens is 332 g/mol. The molecule has 2 aromatic rings. The number of hydrogen-bond acceptors (Lipinski definition) is 4. The number of aliphatic carboxylic acids is 1. The van der Waals surface area contributed by atoms with Crippen molar-refractivity contribution < 1.29 is 19.4 Å². The molecular formula is C17H17ClN2O4. The molecule has 0 radical (unpaired) electrons. The van der Waals surface area contributed by atoms with Crippen molar-refractivity contribution in [1.82, 2.24) is 10.3 Å². The highest BCUT2D eigenvalue weighted by Crippen LogP contribution is 2.22. The van der Waals surface area contributed by atoms with Gasteiger partial charge in [-0.3, -0.25) is 9.59 Å². The van der Waals surface area contributed by atoms with E-state index in [2.05, 4.69) is 10.3 Å². The predicted octanol–water partition coefficient (Wildman–Crippen LogP) is 2.73. The minimum Gasteiger partial charge on any atom is -0.481 e. The Bertz CT molecular complexity index is 719. The van der Waals surface area contributed by atoms with Crippen LogP contribution in [-0.2, 0) is 4.79 Å². The Morgan fingerprint density at radius 1 is 1.29 bits per heavy atom. The Morgan fingerprint density at radius 2 is 2.00 bits per heavy atom. The third-order valence-electron chi connectivity index (χ3n) is 3.48. The van der Waals surface area contributed by atoms with Gasteiger partial charge in [0.1, 0.15) is 5.56 Å². The number of carboxylic acids is 1. The Labute approximate surface area is 144 Å². The number of amides is 1. The van der Waals surface area contributed by atoms with E-state index in [0.29, 0.717) is 10.6 Å². The van der Waals surface area contributed by atoms with E-state index in [-0.39, 0.29) is 30.7 Å². The van der Waals surface area contributed by atoms with Crippen LogP contribution in [0.15, 0.2) is 42.6 Å². The first-order chi connectivity index (χ1) is 11.5. The number of benzene rings is 1. The van der Waals surface area contributed by atoms with Gasteiger partial charge in [0, 0.05) is 23.7 Å². The van der Waals surface area contributed by atoms with Gasteiger partial charge >= 0.3 is 5.97 Å². The van der Waals surface area contributed by atoms with E-state index in [1.54, 1.807) is 36.4 Å². The highest BCUT2D eigenvalue weighted by atomic mass is 35.5. The Kier molecular flexibility index (Phi) is 6.14. The highest BCUT2D eigenvalue weighted by molar-refractivity contribution is 6.30. The van der Waals surface area contributed by atoms with Crippen LogP contribution < -0.4 is 10.1 Å². The second-order valence-corrected chi connectivity index (χ2v) is 5.55. The van der Waals surface area contributed by atoms with Crippen LogP contribution in [0.1, 0.15) is 28.3 Å². The number of hydrogen-bond donors (Lipinski definition) is 2. The lowest BCUT2D eigenvalue weighted by atomic mass is 9.95. The fraction of sp³-hybridized carbons (Fsp3) is 0.235. The minimum absolute atomic E-state index is 0.105. The summed E-state index contributed by atoms with van der Waals surface area (Å²) in [5.41, 5.74) is 1.09. The van der Waals surface area contributed by atoms with Crippen LogP contribution in [0.2, 0.25) is 5.02 Å². The van der Waals surface area contributed by atoms with Crippen LogP contribution in [0.25, 0.3) is 0 Å². The molecule has 0 aliphatic rings. The van der Waals surface area contributed by atoms with E-state index >= 15 is 0 Å². The number of carbonyl (C=O) groups is 2. The zero-order valence-electron chi connectivity index (χ0n) is 13.0.